The zero-order valence-electron chi connectivity index (χ0n) is 5.94. The van der Waals surface area contributed by atoms with Gasteiger partial charge in [0.2, 0.25) is 0 Å². The Hall–Kier alpha value is 4.95. The van der Waals surface area contributed by atoms with Crippen LogP contribution >= 0.6 is 0 Å². The molecule has 0 unspecified atom stereocenters. The first-order chi connectivity index (χ1) is 2.73. The second-order valence-electron chi connectivity index (χ2n) is 0.224. The molecule has 0 bridgehead atoms. The first-order valence-corrected chi connectivity index (χ1v) is 1.10. The molecule has 4 N–H and O–H groups in total. The van der Waals surface area contributed by atoms with E-state index in [0.717, 1.165) is 0 Å². The maximum atomic E-state index is 8.25. The fourth-order valence-corrected chi connectivity index (χ4v) is 0. The summed E-state index contributed by atoms with van der Waals surface area (Å²) in [5.74, 6) is 0. The largest absolute Gasteiger partial charge is 0 e. The molecule has 12 heteroatoms. The molecule has 64 valence electrons. The third kappa shape index (κ3) is 119. The van der Waals surface area contributed by atoms with Crippen LogP contribution in [0.15, 0.2) is 0 Å². The molecule has 0 aromatic rings. The van der Waals surface area contributed by atoms with Crippen molar-refractivity contribution in [2.24, 2.45) is 0 Å². The van der Waals surface area contributed by atoms with Crippen molar-refractivity contribution in [3.8, 4) is 0 Å². The standard InChI is InChI=1S/2Ba.Cu.NO3.3H2O.2Y/c;;;2-1(3)4;;;;;/h;;;;3*1H2;;/q2*+2;+1;-1;;;;;/p-2. The van der Waals surface area contributed by atoms with Gasteiger partial charge in [0.1, 0.15) is 0 Å². The maximum absolute atomic E-state index is 8.25. The average Bonchev–Trinajstić information content (AvgIpc) is 1.41. The monoisotopic (exact) mass is 631 g/mol. The summed E-state index contributed by atoms with van der Waals surface area (Å²) in [7, 11) is 0. The number of hydrogen-bond donors (Lipinski definition) is 1. The van der Waals surface area contributed by atoms with Crippen LogP contribution in [0.5, 0.6) is 0 Å². The van der Waals surface area contributed by atoms with Crippen LogP contribution in [0, 0.1) is 15.3 Å². The van der Waals surface area contributed by atoms with Crippen LogP contribution in [0.1, 0.15) is 0 Å². The van der Waals surface area contributed by atoms with Crippen LogP contribution in [0.3, 0.4) is 0 Å². The second kappa shape index (κ2) is 56.4. The van der Waals surface area contributed by atoms with Crippen LogP contribution in [-0.4, -0.2) is 118 Å². The predicted octanol–water partition coefficient (Wildman–Crippen LogP) is -2.57. The maximum Gasteiger partial charge on any atom is 0 e. The Kier molecular flexibility index (Phi) is 253. The van der Waals surface area contributed by atoms with Crippen molar-refractivity contribution in [3.05, 3.63) is 15.3 Å². The summed E-state index contributed by atoms with van der Waals surface area (Å²) >= 11 is 3.19. The molecule has 0 spiro atoms. The van der Waals surface area contributed by atoms with Crippen LogP contribution in [0.2, 0.25) is 0 Å². The summed E-state index contributed by atoms with van der Waals surface area (Å²) in [6.07, 6.45) is 0. The van der Waals surface area contributed by atoms with E-state index in [-0.39, 0.29) is 174 Å². The van der Waals surface area contributed by atoms with E-state index in [4.69, 9.17) is 19.5 Å². The van der Waals surface area contributed by atoms with Gasteiger partial charge in [0.15, 0.2) is 0 Å². The second-order valence-corrected chi connectivity index (χ2v) is 0.224. The van der Waals surface area contributed by atoms with Gasteiger partial charge in [-0.2, -0.15) is 0 Å². The molecule has 0 saturated heterocycles. The van der Waals surface area contributed by atoms with Crippen LogP contribution in [-0.2, 0) is 81.8 Å². The van der Waals surface area contributed by atoms with Gasteiger partial charge in [0.05, 0.1) is 5.09 Å². The Morgan fingerprint density at radius 1 is 1.08 bits per heavy atom. The fourth-order valence-electron chi connectivity index (χ4n) is 0. The van der Waals surface area contributed by atoms with Crippen LogP contribution in [0.25, 0.3) is 0 Å². The van der Waals surface area contributed by atoms with E-state index in [1.165, 1.54) is 0 Å². The predicted molar refractivity (Wildman–Crippen MR) is 29.6 cm³/mol. The van der Waals surface area contributed by atoms with Crippen molar-refractivity contribution in [2.45, 2.75) is 0 Å². The molecule has 2 radical (unpaired) electrons. The molecule has 0 aliphatic heterocycles. The first-order valence-electron chi connectivity index (χ1n) is 0.683. The molecule has 0 atom stereocenters. The van der Waals surface area contributed by atoms with Crippen molar-refractivity contribution >= 4 is 97.8 Å². The van der Waals surface area contributed by atoms with Crippen molar-refractivity contribution < 1.29 is 102 Å². The molecular weight excluding hydrogens is 626 g/mol. The summed E-state index contributed by atoms with van der Waals surface area (Å²) in [6, 6.07) is 0. The van der Waals surface area contributed by atoms with Crippen molar-refractivity contribution in [3.63, 3.8) is 0 Å². The fraction of sp³-hybridized carbons (Fsp3) is 0. The Morgan fingerprint density at radius 2 is 1.08 bits per heavy atom. The summed E-state index contributed by atoms with van der Waals surface area (Å²) in [6.45, 7) is 0. The normalized spacial score (nSPS) is 2.58. The first kappa shape index (κ1) is 53.8. The molecule has 0 saturated carbocycles. The average molecular weight is 630 g/mol. The smallest absolute Gasteiger partial charge is 0 e. The van der Waals surface area contributed by atoms with Crippen molar-refractivity contribution in [1.29, 1.82) is 0 Å². The minimum Gasteiger partial charge on any atom is 0 e. The Labute approximate surface area is 209 Å². The van der Waals surface area contributed by atoms with E-state index in [1.54, 1.807) is 0 Å². The van der Waals surface area contributed by atoms with E-state index in [1.807, 2.05) is 0 Å². The Morgan fingerprint density at radius 3 is 1.08 bits per heavy atom. The summed E-state index contributed by atoms with van der Waals surface area (Å²) in [4.78, 5) is 8.25. The van der Waals surface area contributed by atoms with Crippen LogP contribution < -0.4 is 0 Å². The van der Waals surface area contributed by atoms with Gasteiger partial charge in [0, 0.05) is 65.4 Å². The topological polar surface area (TPSA) is 148 Å². The SMILES string of the molecule is O.O=[N+]([O-])[O-].[Ba+2].[Ba+2].[OH-].[OH][Cu].[Y].[Y]. The third-order valence-corrected chi connectivity index (χ3v) is 0. The van der Waals surface area contributed by atoms with E-state index in [9.17, 15) is 0 Å². The van der Waals surface area contributed by atoms with Gasteiger partial charge >= 0.3 is 118 Å². The van der Waals surface area contributed by atoms with Gasteiger partial charge in [-0.15, -0.1) is 0 Å². The van der Waals surface area contributed by atoms with Gasteiger partial charge in [-0.1, -0.05) is 0 Å². The van der Waals surface area contributed by atoms with Crippen molar-refractivity contribution in [1.82, 2.24) is 0 Å². The molecular formula is H4Ba2CuNO6Y2+2. The number of nitrogens with zero attached hydrogens (tertiary/aromatic N) is 1. The van der Waals surface area contributed by atoms with E-state index in [2.05, 4.69) is 16.3 Å². The quantitative estimate of drug-likeness (QED) is 0.178. The molecule has 0 amide bonds. The van der Waals surface area contributed by atoms with Gasteiger partial charge in [-0.05, 0) is 0 Å². The Balaban J connectivity index is -0.00000000317. The third-order valence-electron chi connectivity index (χ3n) is 0. The van der Waals surface area contributed by atoms with Gasteiger partial charge in [-0.3, -0.25) is 0 Å². The van der Waals surface area contributed by atoms with Crippen molar-refractivity contribution in [2.75, 3.05) is 0 Å². The molecule has 12 heavy (non-hydrogen) atoms. The van der Waals surface area contributed by atoms with Crippen LogP contribution in [0.4, 0.5) is 0 Å². The minimum atomic E-state index is -1.75. The number of rotatable bonds is 0. The molecule has 0 aliphatic carbocycles. The van der Waals surface area contributed by atoms with E-state index >= 15 is 0 Å². The van der Waals surface area contributed by atoms with E-state index in [0.29, 0.717) is 0 Å². The summed E-state index contributed by atoms with van der Waals surface area (Å²) in [5.41, 5.74) is 0. The molecule has 0 aliphatic rings. The molecule has 0 aromatic heterocycles. The number of hydrogen-bond acceptors (Lipinski definition) is 5. The molecule has 0 rings (SSSR count). The van der Waals surface area contributed by atoms with Gasteiger partial charge in [0.25, 0.3) is 0 Å². The summed E-state index contributed by atoms with van der Waals surface area (Å²) in [5, 5.41) is 14.8. The molecule has 0 fully saturated rings. The van der Waals surface area contributed by atoms with Gasteiger partial charge < -0.3 is 26.3 Å². The zero-order valence-corrected chi connectivity index (χ0v) is 21.4. The minimum absolute atomic E-state index is 0. The molecule has 0 aromatic carbocycles. The molecule has 0 heterocycles. The van der Waals surface area contributed by atoms with E-state index < -0.39 is 5.09 Å². The zero-order chi connectivity index (χ0) is 5.58. The molecule has 7 nitrogen and oxygen atoms in total. The Bertz CT molecular complexity index is 46.5. The van der Waals surface area contributed by atoms with Gasteiger partial charge in [-0.25, -0.2) is 0 Å². The summed E-state index contributed by atoms with van der Waals surface area (Å²) < 4.78 is 6.56.